The van der Waals surface area contributed by atoms with E-state index in [0.29, 0.717) is 26.8 Å². The van der Waals surface area contributed by atoms with Gasteiger partial charge in [-0.3, -0.25) is 4.18 Å². The smallest absolute Gasteiger partial charge is 0.405 e. The molecule has 0 aliphatic rings. The Morgan fingerprint density at radius 1 is 0.763 bits per heavy atom. The molecule has 38 heavy (non-hydrogen) atoms. The summed E-state index contributed by atoms with van der Waals surface area (Å²) in [6.07, 6.45) is -4.95. The minimum Gasteiger partial charge on any atom is -0.405 e. The molecule has 0 heterocycles. The van der Waals surface area contributed by atoms with Crippen molar-refractivity contribution in [3.63, 3.8) is 0 Å². The average Bonchev–Trinajstić information content (AvgIpc) is 2.80. The standard InChI is InChI=1S/C30H30BrF3O3S/c1-28(2,3)22-16-18-14-19(31)12-13-21(18)24(26(22)37-30(32,33)34)25-20-11-9-8-10-17(20)15-23(29(4,5)6)27(25)38(35)36-7/h8-16H,1-7H3. The highest BCUT2D eigenvalue weighted by Gasteiger charge is 2.38. The van der Waals surface area contributed by atoms with E-state index < -0.39 is 28.3 Å². The first-order valence-electron chi connectivity index (χ1n) is 12.1. The third-order valence-corrected chi connectivity index (χ3v) is 8.01. The predicted molar refractivity (Wildman–Crippen MR) is 152 cm³/mol. The molecule has 0 aromatic heterocycles. The van der Waals surface area contributed by atoms with Crippen molar-refractivity contribution in [2.75, 3.05) is 7.11 Å². The molecule has 1 unspecified atom stereocenters. The molecular weight excluding hydrogens is 577 g/mol. The van der Waals surface area contributed by atoms with Gasteiger partial charge in [0.15, 0.2) is 11.1 Å². The van der Waals surface area contributed by atoms with Crippen molar-refractivity contribution in [2.45, 2.75) is 63.6 Å². The molecule has 0 radical (unpaired) electrons. The topological polar surface area (TPSA) is 35.5 Å². The number of ether oxygens (including phenoxy) is 1. The Morgan fingerprint density at radius 2 is 1.34 bits per heavy atom. The summed E-state index contributed by atoms with van der Waals surface area (Å²) in [5.41, 5.74) is 0.550. The van der Waals surface area contributed by atoms with E-state index in [2.05, 4.69) is 15.9 Å². The molecule has 0 aliphatic heterocycles. The Kier molecular flexibility index (Phi) is 7.49. The van der Waals surface area contributed by atoms with Gasteiger partial charge >= 0.3 is 6.36 Å². The fraction of sp³-hybridized carbons (Fsp3) is 0.333. The van der Waals surface area contributed by atoms with Crippen LogP contribution in [0.5, 0.6) is 5.75 Å². The predicted octanol–water partition coefficient (Wildman–Crippen LogP) is 9.59. The second-order valence-electron chi connectivity index (χ2n) is 11.3. The molecule has 0 saturated heterocycles. The molecule has 3 nitrogen and oxygen atoms in total. The van der Waals surface area contributed by atoms with E-state index in [1.165, 1.54) is 7.11 Å². The summed E-state index contributed by atoms with van der Waals surface area (Å²) in [6.45, 7) is 11.5. The first-order chi connectivity index (χ1) is 17.5. The zero-order valence-corrected chi connectivity index (χ0v) is 24.7. The van der Waals surface area contributed by atoms with Gasteiger partial charge in [-0.1, -0.05) is 87.8 Å². The summed E-state index contributed by atoms with van der Waals surface area (Å²) in [6, 6.07) is 16.5. The van der Waals surface area contributed by atoms with Crippen LogP contribution in [0.1, 0.15) is 52.7 Å². The summed E-state index contributed by atoms with van der Waals surface area (Å²) < 4.78 is 66.8. The Hall–Kier alpha value is -2.42. The van der Waals surface area contributed by atoms with Gasteiger partial charge in [0.1, 0.15) is 5.75 Å². The number of hydrogen-bond donors (Lipinski definition) is 0. The molecule has 4 aromatic carbocycles. The molecule has 4 rings (SSSR count). The zero-order chi connectivity index (χ0) is 28.2. The van der Waals surface area contributed by atoms with Crippen molar-refractivity contribution >= 4 is 48.6 Å². The molecular formula is C30H30BrF3O3S. The summed E-state index contributed by atoms with van der Waals surface area (Å²) >= 11 is 1.53. The largest absolute Gasteiger partial charge is 0.573 e. The van der Waals surface area contributed by atoms with E-state index >= 15 is 0 Å². The quantitative estimate of drug-likeness (QED) is 0.232. The van der Waals surface area contributed by atoms with Crippen molar-refractivity contribution < 1.29 is 26.3 Å². The van der Waals surface area contributed by atoms with Crippen molar-refractivity contribution in [3.05, 3.63) is 70.2 Å². The van der Waals surface area contributed by atoms with Gasteiger partial charge < -0.3 is 4.74 Å². The lowest BCUT2D eigenvalue weighted by Gasteiger charge is -2.30. The third kappa shape index (κ3) is 5.49. The third-order valence-electron chi connectivity index (χ3n) is 6.46. The van der Waals surface area contributed by atoms with Crippen LogP contribution in [0, 0.1) is 0 Å². The fourth-order valence-electron chi connectivity index (χ4n) is 4.78. The molecule has 0 fully saturated rings. The van der Waals surface area contributed by atoms with Gasteiger partial charge in [-0.25, -0.2) is 4.21 Å². The Bertz CT molecular complexity index is 1560. The maximum Gasteiger partial charge on any atom is 0.573 e. The van der Waals surface area contributed by atoms with Gasteiger partial charge in [0.2, 0.25) is 0 Å². The van der Waals surface area contributed by atoms with E-state index in [-0.39, 0.29) is 11.3 Å². The van der Waals surface area contributed by atoms with Crippen LogP contribution in [0.3, 0.4) is 0 Å². The minimum absolute atomic E-state index is 0.236. The molecule has 0 aliphatic carbocycles. The molecule has 0 spiro atoms. The molecule has 202 valence electrons. The van der Waals surface area contributed by atoms with Crippen LogP contribution in [0.2, 0.25) is 0 Å². The van der Waals surface area contributed by atoms with Crippen LogP contribution in [-0.4, -0.2) is 17.7 Å². The van der Waals surface area contributed by atoms with E-state index in [4.69, 9.17) is 8.92 Å². The maximum absolute atomic E-state index is 14.1. The number of fused-ring (bicyclic) bond motifs is 2. The Labute approximate surface area is 232 Å². The number of alkyl halides is 3. The van der Waals surface area contributed by atoms with Crippen molar-refractivity contribution in [3.8, 4) is 16.9 Å². The Balaban J connectivity index is 2.39. The first kappa shape index (κ1) is 28.6. The summed E-state index contributed by atoms with van der Waals surface area (Å²) in [4.78, 5) is 0.334. The number of hydrogen-bond acceptors (Lipinski definition) is 3. The normalized spacial score (nSPS) is 13.8. The first-order valence-corrected chi connectivity index (χ1v) is 13.9. The van der Waals surface area contributed by atoms with E-state index in [1.54, 1.807) is 18.2 Å². The van der Waals surface area contributed by atoms with Crippen LogP contribution in [0.4, 0.5) is 13.2 Å². The van der Waals surface area contributed by atoms with Gasteiger partial charge in [0, 0.05) is 21.2 Å². The lowest BCUT2D eigenvalue weighted by molar-refractivity contribution is -0.274. The van der Waals surface area contributed by atoms with Crippen molar-refractivity contribution in [2.24, 2.45) is 0 Å². The van der Waals surface area contributed by atoms with Gasteiger partial charge in [0.05, 0.1) is 12.0 Å². The van der Waals surface area contributed by atoms with Crippen LogP contribution in [0.15, 0.2) is 64.0 Å². The van der Waals surface area contributed by atoms with E-state index in [0.717, 1.165) is 20.8 Å². The molecule has 8 heteroatoms. The summed E-state index contributed by atoms with van der Waals surface area (Å²) in [7, 11) is 1.33. The van der Waals surface area contributed by atoms with Crippen LogP contribution < -0.4 is 4.74 Å². The fourth-order valence-corrected chi connectivity index (χ4v) is 6.24. The van der Waals surface area contributed by atoms with Crippen LogP contribution in [0.25, 0.3) is 32.7 Å². The summed E-state index contributed by atoms with van der Waals surface area (Å²) in [5, 5.41) is 2.75. The second kappa shape index (κ2) is 9.96. The molecule has 1 atom stereocenters. The average molecular weight is 608 g/mol. The van der Waals surface area contributed by atoms with Gasteiger partial charge in [0.25, 0.3) is 0 Å². The highest BCUT2D eigenvalue weighted by Crippen LogP contribution is 2.51. The second-order valence-corrected chi connectivity index (χ2v) is 13.4. The van der Waals surface area contributed by atoms with Gasteiger partial charge in [-0.15, -0.1) is 13.2 Å². The number of benzene rings is 4. The molecule has 0 saturated carbocycles. The van der Waals surface area contributed by atoms with Gasteiger partial charge in [-0.2, -0.15) is 0 Å². The zero-order valence-electron chi connectivity index (χ0n) is 22.3. The monoisotopic (exact) mass is 606 g/mol. The minimum atomic E-state index is -4.95. The van der Waals surface area contributed by atoms with Gasteiger partial charge in [-0.05, 0) is 62.2 Å². The highest BCUT2D eigenvalue weighted by molar-refractivity contribution is 9.10. The molecule has 0 N–H and O–H groups in total. The Morgan fingerprint density at radius 3 is 1.92 bits per heavy atom. The maximum atomic E-state index is 14.1. The summed E-state index contributed by atoms with van der Waals surface area (Å²) in [5.74, 6) is -0.301. The lowest BCUT2D eigenvalue weighted by Crippen LogP contribution is -2.23. The number of halogens is 4. The molecule has 4 aromatic rings. The van der Waals surface area contributed by atoms with E-state index in [9.17, 15) is 17.4 Å². The lowest BCUT2D eigenvalue weighted by atomic mass is 9.79. The number of rotatable bonds is 4. The molecule has 0 amide bonds. The highest BCUT2D eigenvalue weighted by atomic mass is 79.9. The van der Waals surface area contributed by atoms with Crippen LogP contribution in [-0.2, 0) is 26.1 Å². The van der Waals surface area contributed by atoms with Crippen molar-refractivity contribution in [1.29, 1.82) is 0 Å². The van der Waals surface area contributed by atoms with Crippen molar-refractivity contribution in [1.82, 2.24) is 0 Å². The SMILES string of the molecule is COS(=O)c1c(C(C)(C)C)cc2ccccc2c1-c1c(OC(F)(F)F)c(C(C)(C)C)cc2cc(Br)ccc12. The molecule has 0 bridgehead atoms. The van der Waals surface area contributed by atoms with Crippen LogP contribution >= 0.6 is 15.9 Å². The van der Waals surface area contributed by atoms with E-state index in [1.807, 2.05) is 77.9 Å².